The highest BCUT2D eigenvalue weighted by molar-refractivity contribution is 5.69. The van der Waals surface area contributed by atoms with Gasteiger partial charge in [0.25, 0.3) is 0 Å². The fraction of sp³-hybridized carbons (Fsp3) is 0.947. The first-order valence-electron chi connectivity index (χ1n) is 9.34. The summed E-state index contributed by atoms with van der Waals surface area (Å²) in [5.41, 5.74) is 0. The zero-order valence-corrected chi connectivity index (χ0v) is 14.1. The molecule has 0 aromatic rings. The number of carbonyl (C=O) groups excluding carboxylic acids is 1. The number of hydrogen-bond acceptors (Lipinski definition) is 2. The molecule has 122 valence electrons. The molecule has 0 aromatic carbocycles. The van der Waals surface area contributed by atoms with E-state index < -0.39 is 0 Å². The van der Waals surface area contributed by atoms with Crippen molar-refractivity contribution in [3.8, 4) is 0 Å². The minimum absolute atomic E-state index is 0.0646. The van der Waals surface area contributed by atoms with Crippen LogP contribution in [0.1, 0.15) is 90.9 Å². The molecule has 0 saturated heterocycles. The highest BCUT2D eigenvalue weighted by Gasteiger charge is 2.38. The molecule has 2 fully saturated rings. The molecule has 0 radical (unpaired) electrons. The summed E-state index contributed by atoms with van der Waals surface area (Å²) in [6.07, 6.45) is 14.8. The molecule has 2 saturated carbocycles. The van der Waals surface area contributed by atoms with Crippen LogP contribution in [-0.4, -0.2) is 12.1 Å². The van der Waals surface area contributed by atoms with Crippen molar-refractivity contribution in [3.63, 3.8) is 0 Å². The van der Waals surface area contributed by atoms with Gasteiger partial charge in [0.15, 0.2) is 0 Å². The van der Waals surface area contributed by atoms with Gasteiger partial charge in [0, 0.05) is 6.42 Å². The number of hydrogen-bond donors (Lipinski definition) is 0. The maximum Gasteiger partial charge on any atom is 0.306 e. The lowest BCUT2D eigenvalue weighted by molar-refractivity contribution is -0.151. The van der Waals surface area contributed by atoms with Gasteiger partial charge in [-0.05, 0) is 43.4 Å². The Morgan fingerprint density at radius 1 is 1.05 bits per heavy atom. The summed E-state index contributed by atoms with van der Waals surface area (Å²) in [6, 6.07) is 0. The van der Waals surface area contributed by atoms with Crippen LogP contribution in [0.25, 0.3) is 0 Å². The molecule has 0 heterocycles. The maximum atomic E-state index is 11.9. The molecule has 0 N–H and O–H groups in total. The fourth-order valence-corrected chi connectivity index (χ4v) is 4.13. The van der Waals surface area contributed by atoms with Gasteiger partial charge in [-0.3, -0.25) is 4.79 Å². The molecular weight excluding hydrogens is 260 g/mol. The molecule has 3 unspecified atom stereocenters. The van der Waals surface area contributed by atoms with Crippen LogP contribution in [0.5, 0.6) is 0 Å². The number of ether oxygens (including phenoxy) is 1. The predicted molar refractivity (Wildman–Crippen MR) is 87.1 cm³/mol. The molecule has 0 aromatic heterocycles. The minimum atomic E-state index is 0.0646. The van der Waals surface area contributed by atoms with Gasteiger partial charge in [-0.25, -0.2) is 0 Å². The monoisotopic (exact) mass is 294 g/mol. The number of rotatable bonds is 9. The Bertz CT molecular complexity index is 311. The van der Waals surface area contributed by atoms with E-state index in [-0.39, 0.29) is 12.1 Å². The lowest BCUT2D eigenvalue weighted by Crippen LogP contribution is -2.21. The van der Waals surface area contributed by atoms with Gasteiger partial charge in [0.1, 0.15) is 6.10 Å². The lowest BCUT2D eigenvalue weighted by atomic mass is 9.89. The minimum Gasteiger partial charge on any atom is -0.462 e. The summed E-state index contributed by atoms with van der Waals surface area (Å²) < 4.78 is 5.75. The largest absolute Gasteiger partial charge is 0.462 e. The number of carbonyl (C=O) groups is 1. The molecule has 2 nitrogen and oxygen atoms in total. The van der Waals surface area contributed by atoms with Gasteiger partial charge in [0.05, 0.1) is 0 Å². The third-order valence-corrected chi connectivity index (χ3v) is 5.36. The second-order valence-corrected chi connectivity index (χ2v) is 7.76. The topological polar surface area (TPSA) is 26.3 Å². The van der Waals surface area contributed by atoms with Crippen LogP contribution in [0.2, 0.25) is 0 Å². The molecule has 0 aliphatic heterocycles. The van der Waals surface area contributed by atoms with Gasteiger partial charge in [0.2, 0.25) is 0 Å². The Kier molecular flexibility index (Phi) is 7.06. The first-order valence-corrected chi connectivity index (χ1v) is 9.34. The van der Waals surface area contributed by atoms with Crippen molar-refractivity contribution in [3.05, 3.63) is 0 Å². The maximum absolute atomic E-state index is 11.9. The van der Waals surface area contributed by atoms with Crippen molar-refractivity contribution in [2.75, 3.05) is 0 Å². The van der Waals surface area contributed by atoms with Crippen LogP contribution < -0.4 is 0 Å². The van der Waals surface area contributed by atoms with Gasteiger partial charge < -0.3 is 4.74 Å². The van der Waals surface area contributed by atoms with Gasteiger partial charge in [-0.15, -0.1) is 0 Å². The van der Waals surface area contributed by atoms with Gasteiger partial charge in [-0.2, -0.15) is 0 Å². The smallest absolute Gasteiger partial charge is 0.306 e. The average molecular weight is 294 g/mol. The van der Waals surface area contributed by atoms with E-state index in [1.165, 1.54) is 57.8 Å². The van der Waals surface area contributed by atoms with Crippen LogP contribution in [0, 0.1) is 17.8 Å². The van der Waals surface area contributed by atoms with Crippen molar-refractivity contribution < 1.29 is 9.53 Å². The number of fused-ring (bicyclic) bond motifs is 2. The Labute approximate surface area is 131 Å². The molecule has 2 bridgehead atoms. The summed E-state index contributed by atoms with van der Waals surface area (Å²) in [5.74, 6) is 2.42. The summed E-state index contributed by atoms with van der Waals surface area (Å²) in [4.78, 5) is 11.9. The number of esters is 1. The molecule has 2 aliphatic carbocycles. The van der Waals surface area contributed by atoms with Gasteiger partial charge in [-0.1, -0.05) is 58.8 Å². The Hall–Kier alpha value is -0.530. The first kappa shape index (κ1) is 16.8. The standard InChI is InChI=1S/C19H34O2/c1-15(2)9-6-4-3-5-7-12-19(20)21-18-14-16-10-8-11-17(18)13-16/h15-18H,3-14H2,1-2H3. The van der Waals surface area contributed by atoms with E-state index in [1.54, 1.807) is 0 Å². The Morgan fingerprint density at radius 2 is 1.81 bits per heavy atom. The number of unbranched alkanes of at least 4 members (excludes halogenated alkanes) is 4. The second-order valence-electron chi connectivity index (χ2n) is 7.76. The normalized spacial score (nSPS) is 28.0. The summed E-state index contributed by atoms with van der Waals surface area (Å²) in [5, 5.41) is 0. The summed E-state index contributed by atoms with van der Waals surface area (Å²) in [6.45, 7) is 4.57. The first-order chi connectivity index (χ1) is 10.1. The van der Waals surface area contributed by atoms with E-state index >= 15 is 0 Å². The van der Waals surface area contributed by atoms with Crippen LogP contribution in [-0.2, 0) is 9.53 Å². The van der Waals surface area contributed by atoms with Crippen molar-refractivity contribution in [1.82, 2.24) is 0 Å². The van der Waals surface area contributed by atoms with Crippen molar-refractivity contribution in [1.29, 1.82) is 0 Å². The second kappa shape index (κ2) is 8.80. The van der Waals surface area contributed by atoms with Crippen molar-refractivity contribution in [2.45, 2.75) is 97.0 Å². The lowest BCUT2D eigenvalue weighted by Gasteiger charge is -2.21. The third-order valence-electron chi connectivity index (χ3n) is 5.36. The van der Waals surface area contributed by atoms with Crippen molar-refractivity contribution in [2.24, 2.45) is 17.8 Å². The highest BCUT2D eigenvalue weighted by Crippen LogP contribution is 2.43. The van der Waals surface area contributed by atoms with E-state index in [4.69, 9.17) is 4.74 Å². The molecule has 0 amide bonds. The van der Waals surface area contributed by atoms with Crippen LogP contribution >= 0.6 is 0 Å². The Balaban J connectivity index is 1.48. The molecular formula is C19H34O2. The highest BCUT2D eigenvalue weighted by atomic mass is 16.5. The van der Waals surface area contributed by atoms with E-state index in [2.05, 4.69) is 13.8 Å². The Morgan fingerprint density at radius 3 is 2.57 bits per heavy atom. The van der Waals surface area contributed by atoms with Crippen LogP contribution in [0.4, 0.5) is 0 Å². The third kappa shape index (κ3) is 6.00. The average Bonchev–Trinajstić information content (AvgIpc) is 2.71. The zero-order valence-electron chi connectivity index (χ0n) is 14.1. The van der Waals surface area contributed by atoms with E-state index in [9.17, 15) is 4.79 Å². The van der Waals surface area contributed by atoms with Crippen LogP contribution in [0.3, 0.4) is 0 Å². The predicted octanol–water partition coefficient (Wildman–Crippen LogP) is 5.50. The van der Waals surface area contributed by atoms with Crippen LogP contribution in [0.15, 0.2) is 0 Å². The SMILES string of the molecule is CC(C)CCCCCCCC(=O)OC1CC2CCCC1C2. The zero-order chi connectivity index (χ0) is 15.1. The molecule has 2 aliphatic rings. The van der Waals surface area contributed by atoms with Gasteiger partial charge >= 0.3 is 5.97 Å². The molecule has 3 atom stereocenters. The quantitative estimate of drug-likeness (QED) is 0.415. The fourth-order valence-electron chi connectivity index (χ4n) is 4.13. The molecule has 2 heteroatoms. The van der Waals surface area contributed by atoms with Crippen molar-refractivity contribution >= 4 is 5.97 Å². The summed E-state index contributed by atoms with van der Waals surface area (Å²) in [7, 11) is 0. The molecule has 2 rings (SSSR count). The van der Waals surface area contributed by atoms with E-state index in [0.717, 1.165) is 24.7 Å². The van der Waals surface area contributed by atoms with E-state index in [1.807, 2.05) is 0 Å². The van der Waals surface area contributed by atoms with E-state index in [0.29, 0.717) is 12.3 Å². The summed E-state index contributed by atoms with van der Waals surface area (Å²) >= 11 is 0. The molecule has 0 spiro atoms. The molecule has 21 heavy (non-hydrogen) atoms.